The van der Waals surface area contributed by atoms with Crippen molar-refractivity contribution in [1.29, 1.82) is 0 Å². The Morgan fingerprint density at radius 2 is 1.03 bits per heavy atom. The van der Waals surface area contributed by atoms with Crippen LogP contribution >= 0.6 is 0 Å². The first-order valence-corrected chi connectivity index (χ1v) is 12.9. The number of rotatable bonds is 4. The molecular weight excluding hydrogens is 448 g/mol. The van der Waals surface area contributed by atoms with Crippen molar-refractivity contribution in [3.05, 3.63) is 134 Å². The fraction of sp³-hybridized carbons (Fsp3) is 0.0571. The summed E-state index contributed by atoms with van der Waals surface area (Å²) in [7, 11) is 0. The zero-order valence-electron chi connectivity index (χ0n) is 21.1. The second-order valence-corrected chi connectivity index (χ2v) is 8.86. The molecule has 178 valence electrons. The summed E-state index contributed by atoms with van der Waals surface area (Å²) in [6, 6.07) is 43.4. The zero-order valence-corrected chi connectivity index (χ0v) is 21.1. The predicted octanol–water partition coefficient (Wildman–Crippen LogP) is 10.0. The van der Waals surface area contributed by atoms with Crippen molar-refractivity contribution in [2.75, 3.05) is 4.90 Å². The van der Waals surface area contributed by atoms with Gasteiger partial charge in [-0.15, -0.1) is 0 Å². The van der Waals surface area contributed by atoms with E-state index in [1.807, 2.05) is 26.2 Å². The van der Waals surface area contributed by atoms with Crippen LogP contribution in [-0.4, -0.2) is 4.98 Å². The lowest BCUT2D eigenvalue weighted by atomic mass is 9.94. The summed E-state index contributed by atoms with van der Waals surface area (Å²) < 4.78 is 0. The van der Waals surface area contributed by atoms with Gasteiger partial charge >= 0.3 is 0 Å². The Morgan fingerprint density at radius 3 is 1.78 bits per heavy atom. The van der Waals surface area contributed by atoms with E-state index >= 15 is 0 Å². The Labute approximate surface area is 218 Å². The van der Waals surface area contributed by atoms with E-state index in [0.717, 1.165) is 17.1 Å². The van der Waals surface area contributed by atoms with Crippen LogP contribution in [0.2, 0.25) is 0 Å². The molecule has 0 saturated carbocycles. The predicted molar refractivity (Wildman–Crippen MR) is 158 cm³/mol. The van der Waals surface area contributed by atoms with Gasteiger partial charge in [-0.05, 0) is 80.6 Å². The SMILES string of the molecule is CC.c1ccc(N(c2ccncc2)c2cccc(-c3ccc4c5c(cccc35)-c3ccccc3-4)c2)cc1. The highest BCUT2D eigenvalue weighted by Gasteiger charge is 2.22. The lowest BCUT2D eigenvalue weighted by Crippen LogP contribution is -2.09. The van der Waals surface area contributed by atoms with Gasteiger partial charge in [0.1, 0.15) is 0 Å². The van der Waals surface area contributed by atoms with Gasteiger partial charge in [0.05, 0.1) is 0 Å². The topological polar surface area (TPSA) is 16.1 Å². The lowest BCUT2D eigenvalue weighted by Gasteiger charge is -2.25. The molecule has 1 aliphatic carbocycles. The molecule has 2 heteroatoms. The van der Waals surface area contributed by atoms with Crippen LogP contribution in [-0.2, 0) is 0 Å². The highest BCUT2D eigenvalue weighted by Crippen LogP contribution is 2.49. The van der Waals surface area contributed by atoms with Crippen LogP contribution < -0.4 is 4.90 Å². The number of fused-ring (bicyclic) bond motifs is 3. The molecule has 7 rings (SSSR count). The fourth-order valence-electron chi connectivity index (χ4n) is 5.39. The van der Waals surface area contributed by atoms with E-state index in [9.17, 15) is 0 Å². The van der Waals surface area contributed by atoms with Crippen molar-refractivity contribution in [2.45, 2.75) is 13.8 Å². The minimum atomic E-state index is 1.08. The van der Waals surface area contributed by atoms with Crippen molar-refractivity contribution in [3.63, 3.8) is 0 Å². The third-order valence-corrected chi connectivity index (χ3v) is 6.90. The highest BCUT2D eigenvalue weighted by atomic mass is 15.1. The number of anilines is 3. The van der Waals surface area contributed by atoms with E-state index < -0.39 is 0 Å². The standard InChI is InChI=1S/C33H22N2.C2H6/c1-2-9-24(10-3-1)35(25-18-20-34-21-19-25)26-11-6-8-23(22-26)27-16-17-32-29-13-5-4-12-28(29)31-15-7-14-30(27)33(31)32;1-2/h1-22H;1-2H3. The average Bonchev–Trinajstić information content (AvgIpc) is 3.31. The maximum absolute atomic E-state index is 4.23. The molecule has 1 heterocycles. The first-order chi connectivity index (χ1) is 18.4. The number of pyridine rings is 1. The van der Waals surface area contributed by atoms with Crippen molar-refractivity contribution in [1.82, 2.24) is 4.98 Å². The maximum atomic E-state index is 4.23. The Bertz CT molecular complexity index is 1620. The molecule has 0 fully saturated rings. The Balaban J connectivity index is 0.00000123. The van der Waals surface area contributed by atoms with Gasteiger partial charge < -0.3 is 4.90 Å². The minimum absolute atomic E-state index is 1.08. The number of nitrogens with zero attached hydrogens (tertiary/aromatic N) is 2. The van der Waals surface area contributed by atoms with Crippen LogP contribution in [0.3, 0.4) is 0 Å². The monoisotopic (exact) mass is 476 g/mol. The van der Waals surface area contributed by atoms with Gasteiger partial charge in [-0.25, -0.2) is 0 Å². The summed E-state index contributed by atoms with van der Waals surface area (Å²) in [5.74, 6) is 0. The van der Waals surface area contributed by atoms with Crippen molar-refractivity contribution >= 4 is 27.8 Å². The summed E-state index contributed by atoms with van der Waals surface area (Å²) in [5.41, 5.74) is 11.1. The first kappa shape index (κ1) is 22.8. The molecule has 1 aliphatic rings. The normalized spacial score (nSPS) is 11.0. The van der Waals surface area contributed by atoms with E-state index in [4.69, 9.17) is 0 Å². The van der Waals surface area contributed by atoms with Crippen LogP contribution in [0.1, 0.15) is 13.8 Å². The zero-order chi connectivity index (χ0) is 25.2. The number of hydrogen-bond acceptors (Lipinski definition) is 2. The average molecular weight is 477 g/mol. The summed E-state index contributed by atoms with van der Waals surface area (Å²) in [5, 5.41) is 2.65. The molecule has 6 aromatic rings. The summed E-state index contributed by atoms with van der Waals surface area (Å²) in [6.45, 7) is 4.00. The molecule has 0 atom stereocenters. The molecule has 0 spiro atoms. The number of para-hydroxylation sites is 1. The Morgan fingerprint density at radius 1 is 0.459 bits per heavy atom. The van der Waals surface area contributed by atoms with Crippen LogP contribution in [0, 0.1) is 0 Å². The van der Waals surface area contributed by atoms with Crippen LogP contribution in [0.5, 0.6) is 0 Å². The largest absolute Gasteiger partial charge is 0.310 e. The van der Waals surface area contributed by atoms with Crippen LogP contribution in [0.25, 0.3) is 44.2 Å². The number of hydrogen-bond donors (Lipinski definition) is 0. The van der Waals surface area contributed by atoms with Gasteiger partial charge in [0.15, 0.2) is 0 Å². The fourth-order valence-corrected chi connectivity index (χ4v) is 5.39. The maximum Gasteiger partial charge on any atom is 0.0492 e. The molecule has 0 amide bonds. The molecule has 0 saturated heterocycles. The molecule has 2 nitrogen and oxygen atoms in total. The Hall–Kier alpha value is -4.69. The van der Waals surface area contributed by atoms with Gasteiger partial charge in [-0.2, -0.15) is 0 Å². The van der Waals surface area contributed by atoms with Crippen molar-refractivity contribution < 1.29 is 0 Å². The van der Waals surface area contributed by atoms with Gasteiger partial charge in [-0.1, -0.05) is 98.8 Å². The molecule has 1 aromatic heterocycles. The molecule has 0 bridgehead atoms. The smallest absolute Gasteiger partial charge is 0.0492 e. The molecule has 0 unspecified atom stereocenters. The third-order valence-electron chi connectivity index (χ3n) is 6.90. The number of aromatic nitrogens is 1. The first-order valence-electron chi connectivity index (χ1n) is 12.9. The van der Waals surface area contributed by atoms with E-state index in [0.29, 0.717) is 0 Å². The Kier molecular flexibility index (Phi) is 6.00. The van der Waals surface area contributed by atoms with E-state index in [2.05, 4.69) is 131 Å². The molecule has 37 heavy (non-hydrogen) atoms. The van der Waals surface area contributed by atoms with E-state index in [1.165, 1.54) is 44.2 Å². The van der Waals surface area contributed by atoms with Gasteiger partial charge in [0.25, 0.3) is 0 Å². The van der Waals surface area contributed by atoms with Gasteiger partial charge in [-0.3, -0.25) is 4.98 Å². The lowest BCUT2D eigenvalue weighted by molar-refractivity contribution is 1.24. The molecule has 0 aliphatic heterocycles. The molecule has 0 N–H and O–H groups in total. The van der Waals surface area contributed by atoms with E-state index in [1.54, 1.807) is 0 Å². The summed E-state index contributed by atoms with van der Waals surface area (Å²) in [4.78, 5) is 6.51. The van der Waals surface area contributed by atoms with E-state index in [-0.39, 0.29) is 0 Å². The summed E-state index contributed by atoms with van der Waals surface area (Å²) >= 11 is 0. The molecular formula is C35H28N2. The minimum Gasteiger partial charge on any atom is -0.310 e. The second kappa shape index (κ2) is 9.75. The highest BCUT2D eigenvalue weighted by molar-refractivity contribution is 6.18. The number of benzene rings is 5. The molecule has 5 aromatic carbocycles. The van der Waals surface area contributed by atoms with Crippen LogP contribution in [0.15, 0.2) is 134 Å². The van der Waals surface area contributed by atoms with Gasteiger partial charge in [0, 0.05) is 29.5 Å². The molecule has 0 radical (unpaired) electrons. The van der Waals surface area contributed by atoms with Gasteiger partial charge in [0.2, 0.25) is 0 Å². The van der Waals surface area contributed by atoms with Crippen LogP contribution in [0.4, 0.5) is 17.1 Å². The third kappa shape index (κ3) is 3.88. The van der Waals surface area contributed by atoms with Crippen molar-refractivity contribution in [2.24, 2.45) is 0 Å². The summed E-state index contributed by atoms with van der Waals surface area (Å²) in [6.07, 6.45) is 3.69. The second-order valence-electron chi connectivity index (χ2n) is 8.86. The quantitative estimate of drug-likeness (QED) is 0.251. The van der Waals surface area contributed by atoms with Crippen molar-refractivity contribution in [3.8, 4) is 33.4 Å².